The highest BCUT2D eigenvalue weighted by molar-refractivity contribution is 7.99. The lowest BCUT2D eigenvalue weighted by atomic mass is 10.1. The maximum atomic E-state index is 11.7. The van der Waals surface area contributed by atoms with E-state index < -0.39 is 0 Å². The molecule has 0 amide bonds. The van der Waals surface area contributed by atoms with Gasteiger partial charge in [-0.1, -0.05) is 35.5 Å². The van der Waals surface area contributed by atoms with E-state index in [0.717, 1.165) is 5.56 Å². The van der Waals surface area contributed by atoms with Crippen LogP contribution in [0.25, 0.3) is 0 Å². The molecule has 2 rings (SSSR count). The Hall–Kier alpha value is -1.24. The number of H-pyrrole nitrogens is 1. The summed E-state index contributed by atoms with van der Waals surface area (Å²) in [5.74, 6) is 0. The molecular weight excluding hydrogens is 296 g/mol. The van der Waals surface area contributed by atoms with Crippen molar-refractivity contribution in [3.05, 3.63) is 45.3 Å². The van der Waals surface area contributed by atoms with Crippen molar-refractivity contribution in [2.45, 2.75) is 30.3 Å². The molecule has 1 heterocycles. The molecule has 2 aromatic rings. The summed E-state index contributed by atoms with van der Waals surface area (Å²) in [5, 5.41) is 7.92. The fourth-order valence-electron chi connectivity index (χ4n) is 1.89. The minimum absolute atomic E-state index is 0.0277. The number of thioether (sulfide) groups is 1. The van der Waals surface area contributed by atoms with Crippen LogP contribution in [0.4, 0.5) is 0 Å². The first-order valence-electron chi connectivity index (χ1n) is 6.32. The molecule has 5 nitrogen and oxygen atoms in total. The number of aromatic amines is 1. The molecule has 0 aliphatic heterocycles. The summed E-state index contributed by atoms with van der Waals surface area (Å²) in [6, 6.07) is 7.60. The first-order valence-corrected chi connectivity index (χ1v) is 7.57. The zero-order valence-corrected chi connectivity index (χ0v) is 12.9. The fraction of sp³-hybridized carbons (Fsp3) is 0.385. The third-order valence-electron chi connectivity index (χ3n) is 2.89. The van der Waals surface area contributed by atoms with Crippen LogP contribution in [0.3, 0.4) is 0 Å². The van der Waals surface area contributed by atoms with E-state index in [1.165, 1.54) is 11.8 Å². The van der Waals surface area contributed by atoms with Gasteiger partial charge in [0.1, 0.15) is 0 Å². The molecule has 0 saturated carbocycles. The van der Waals surface area contributed by atoms with Crippen molar-refractivity contribution in [3.63, 3.8) is 0 Å². The number of nitrogens with one attached hydrogen (secondary N) is 1. The topological polar surface area (TPSA) is 76.7 Å². The van der Waals surface area contributed by atoms with Gasteiger partial charge in [-0.05, 0) is 31.5 Å². The summed E-state index contributed by atoms with van der Waals surface area (Å²) in [7, 11) is 0. The third kappa shape index (κ3) is 3.26. The van der Waals surface area contributed by atoms with Crippen molar-refractivity contribution in [3.8, 4) is 0 Å². The number of nitrogens with zero attached hydrogens (tertiary/aromatic N) is 2. The second-order valence-electron chi connectivity index (χ2n) is 4.67. The summed E-state index contributed by atoms with van der Waals surface area (Å²) >= 11 is 7.36. The van der Waals surface area contributed by atoms with Gasteiger partial charge >= 0.3 is 5.69 Å². The van der Waals surface area contributed by atoms with Gasteiger partial charge in [0, 0.05) is 22.9 Å². The molecule has 1 aromatic heterocycles. The predicted octanol–water partition coefficient (Wildman–Crippen LogP) is 2.60. The Kier molecular flexibility index (Phi) is 4.91. The molecule has 3 N–H and O–H groups in total. The Bertz CT molecular complexity index is 620. The van der Waals surface area contributed by atoms with Crippen LogP contribution in [0, 0.1) is 0 Å². The van der Waals surface area contributed by atoms with E-state index in [1.807, 2.05) is 38.1 Å². The molecule has 1 aromatic carbocycles. The highest BCUT2D eigenvalue weighted by Gasteiger charge is 2.18. The summed E-state index contributed by atoms with van der Waals surface area (Å²) in [4.78, 5) is 11.7. The number of nitrogens with two attached hydrogens (primary N) is 1. The predicted molar refractivity (Wildman–Crippen MR) is 82.3 cm³/mol. The first-order chi connectivity index (χ1) is 9.52. The average Bonchev–Trinajstić information content (AvgIpc) is 2.78. The third-order valence-corrected chi connectivity index (χ3v) is 4.39. The van der Waals surface area contributed by atoms with Crippen LogP contribution in [0.1, 0.15) is 30.7 Å². The zero-order chi connectivity index (χ0) is 14.7. The van der Waals surface area contributed by atoms with Gasteiger partial charge in [0.15, 0.2) is 5.16 Å². The number of halogens is 1. The zero-order valence-electron chi connectivity index (χ0n) is 11.3. The minimum atomic E-state index is -0.200. The number of hydrogen-bond donors (Lipinski definition) is 2. The van der Waals surface area contributed by atoms with Crippen LogP contribution in [0.2, 0.25) is 5.02 Å². The standard InChI is InChI=1S/C13H17ClN4OS/c1-8(2)18-12(19)16-17-13(18)20-11(7-15)9-3-5-10(14)6-4-9/h3-6,8,11H,7,15H2,1-2H3,(H,16,19). The number of benzene rings is 1. The second kappa shape index (κ2) is 6.47. The molecule has 108 valence electrons. The van der Waals surface area contributed by atoms with Gasteiger partial charge < -0.3 is 5.73 Å². The normalized spacial score (nSPS) is 12.8. The van der Waals surface area contributed by atoms with Crippen LogP contribution in [0.15, 0.2) is 34.2 Å². The largest absolute Gasteiger partial charge is 0.344 e. The quantitative estimate of drug-likeness (QED) is 0.832. The molecule has 1 atom stereocenters. The first kappa shape index (κ1) is 15.2. The van der Waals surface area contributed by atoms with Crippen LogP contribution < -0.4 is 11.4 Å². The Balaban J connectivity index is 2.27. The lowest BCUT2D eigenvalue weighted by Crippen LogP contribution is -2.20. The number of hydrogen-bond acceptors (Lipinski definition) is 4. The second-order valence-corrected chi connectivity index (χ2v) is 6.28. The van der Waals surface area contributed by atoms with Gasteiger partial charge in [-0.25, -0.2) is 9.89 Å². The Labute approximate surface area is 126 Å². The summed E-state index contributed by atoms with van der Waals surface area (Å²) < 4.78 is 1.63. The summed E-state index contributed by atoms with van der Waals surface area (Å²) in [6.45, 7) is 4.34. The van der Waals surface area contributed by atoms with Crippen LogP contribution >= 0.6 is 23.4 Å². The molecule has 1 unspecified atom stereocenters. The number of rotatable bonds is 5. The smallest absolute Gasteiger partial charge is 0.329 e. The van der Waals surface area contributed by atoms with Crippen LogP contribution in [0.5, 0.6) is 0 Å². The maximum Gasteiger partial charge on any atom is 0.344 e. The molecule has 0 fully saturated rings. The van der Waals surface area contributed by atoms with Gasteiger partial charge in [-0.3, -0.25) is 4.57 Å². The Morgan fingerprint density at radius 3 is 2.60 bits per heavy atom. The van der Waals surface area contributed by atoms with E-state index in [2.05, 4.69) is 10.2 Å². The maximum absolute atomic E-state index is 11.7. The monoisotopic (exact) mass is 312 g/mol. The van der Waals surface area contributed by atoms with Gasteiger partial charge in [0.25, 0.3) is 0 Å². The molecule has 0 bridgehead atoms. The molecule has 7 heteroatoms. The lowest BCUT2D eigenvalue weighted by Gasteiger charge is -2.16. The van der Waals surface area contributed by atoms with Crippen molar-refractivity contribution in [1.29, 1.82) is 0 Å². The van der Waals surface area contributed by atoms with Crippen molar-refractivity contribution >= 4 is 23.4 Å². The fourth-order valence-corrected chi connectivity index (χ4v) is 3.16. The summed E-state index contributed by atoms with van der Waals surface area (Å²) in [5.41, 5.74) is 6.71. The van der Waals surface area contributed by atoms with Crippen LogP contribution in [-0.2, 0) is 0 Å². The van der Waals surface area contributed by atoms with E-state index in [1.54, 1.807) is 4.57 Å². The van der Waals surface area contributed by atoms with Crippen molar-refractivity contribution in [1.82, 2.24) is 14.8 Å². The highest BCUT2D eigenvalue weighted by Crippen LogP contribution is 2.33. The van der Waals surface area contributed by atoms with E-state index >= 15 is 0 Å². The molecule has 0 radical (unpaired) electrons. The van der Waals surface area contributed by atoms with Gasteiger partial charge in [0.2, 0.25) is 0 Å². The van der Waals surface area contributed by atoms with E-state index in [0.29, 0.717) is 16.7 Å². The molecule has 0 aliphatic carbocycles. The van der Waals surface area contributed by atoms with E-state index in [9.17, 15) is 4.79 Å². The van der Waals surface area contributed by atoms with Gasteiger partial charge in [-0.2, -0.15) is 0 Å². The molecule has 20 heavy (non-hydrogen) atoms. The minimum Gasteiger partial charge on any atom is -0.329 e. The highest BCUT2D eigenvalue weighted by atomic mass is 35.5. The SMILES string of the molecule is CC(C)n1c(SC(CN)c2ccc(Cl)cc2)n[nH]c1=O. The van der Waals surface area contributed by atoms with Crippen molar-refractivity contribution in [2.75, 3.05) is 6.54 Å². The molecule has 0 aliphatic rings. The van der Waals surface area contributed by atoms with Crippen LogP contribution in [-0.4, -0.2) is 21.3 Å². The van der Waals surface area contributed by atoms with Crippen molar-refractivity contribution in [2.24, 2.45) is 5.73 Å². The van der Waals surface area contributed by atoms with E-state index in [4.69, 9.17) is 17.3 Å². The molecule has 0 saturated heterocycles. The lowest BCUT2D eigenvalue weighted by molar-refractivity contribution is 0.533. The summed E-state index contributed by atoms with van der Waals surface area (Å²) in [6.07, 6.45) is 0. The van der Waals surface area contributed by atoms with E-state index in [-0.39, 0.29) is 17.0 Å². The molecule has 0 spiro atoms. The Morgan fingerprint density at radius 1 is 1.40 bits per heavy atom. The van der Waals surface area contributed by atoms with Crippen molar-refractivity contribution < 1.29 is 0 Å². The number of aromatic nitrogens is 3. The van der Waals surface area contributed by atoms with Gasteiger partial charge in [0.05, 0.1) is 0 Å². The molecular formula is C13H17ClN4OS. The Morgan fingerprint density at radius 2 is 2.05 bits per heavy atom. The van der Waals surface area contributed by atoms with Gasteiger partial charge in [-0.15, -0.1) is 5.10 Å². The average molecular weight is 313 g/mol.